The molecule has 1 aromatic heterocycles. The number of carbonyl (C=O) groups excluding carboxylic acids is 1. The molecule has 1 aromatic carbocycles. The van der Waals surface area contributed by atoms with Crippen LogP contribution >= 0.6 is 11.6 Å². The van der Waals surface area contributed by atoms with Crippen molar-refractivity contribution in [1.82, 2.24) is 10.3 Å². The number of carbonyl (C=O) groups is 1. The van der Waals surface area contributed by atoms with Crippen LogP contribution < -0.4 is 15.8 Å². The van der Waals surface area contributed by atoms with Gasteiger partial charge in [-0.05, 0) is 17.7 Å². The fourth-order valence-electron chi connectivity index (χ4n) is 1.70. The SMILES string of the molecule is COc1cc(N)c(Cl)cc1C(=O)NCc1cccnc1. The van der Waals surface area contributed by atoms with Crippen LogP contribution in [0.15, 0.2) is 36.7 Å². The van der Waals surface area contributed by atoms with E-state index in [0.29, 0.717) is 28.6 Å². The van der Waals surface area contributed by atoms with Gasteiger partial charge in [-0.1, -0.05) is 17.7 Å². The van der Waals surface area contributed by atoms with Crippen molar-refractivity contribution < 1.29 is 9.53 Å². The van der Waals surface area contributed by atoms with E-state index in [1.54, 1.807) is 12.4 Å². The first kappa shape index (κ1) is 14.1. The second-order valence-corrected chi connectivity index (χ2v) is 4.53. The molecular formula is C14H14ClN3O2. The summed E-state index contributed by atoms with van der Waals surface area (Å²) in [6, 6.07) is 6.71. The Morgan fingerprint density at radius 3 is 2.95 bits per heavy atom. The Morgan fingerprint density at radius 1 is 1.50 bits per heavy atom. The highest BCUT2D eigenvalue weighted by molar-refractivity contribution is 6.33. The molecular weight excluding hydrogens is 278 g/mol. The summed E-state index contributed by atoms with van der Waals surface area (Å²) in [5.41, 5.74) is 7.29. The number of nitrogens with zero attached hydrogens (tertiary/aromatic N) is 1. The van der Waals surface area contributed by atoms with Crippen LogP contribution in [0, 0.1) is 0 Å². The lowest BCUT2D eigenvalue weighted by Gasteiger charge is -2.11. The van der Waals surface area contributed by atoms with Gasteiger partial charge in [0.05, 0.1) is 23.4 Å². The van der Waals surface area contributed by atoms with Crippen molar-refractivity contribution in [3.8, 4) is 5.75 Å². The van der Waals surface area contributed by atoms with Gasteiger partial charge in [-0.3, -0.25) is 9.78 Å². The van der Waals surface area contributed by atoms with E-state index in [1.165, 1.54) is 19.2 Å². The summed E-state index contributed by atoms with van der Waals surface area (Å²) in [4.78, 5) is 16.1. The molecule has 0 aliphatic heterocycles. The highest BCUT2D eigenvalue weighted by Gasteiger charge is 2.14. The summed E-state index contributed by atoms with van der Waals surface area (Å²) >= 11 is 5.93. The molecule has 2 aromatic rings. The number of pyridine rings is 1. The number of hydrogen-bond donors (Lipinski definition) is 2. The van der Waals surface area contributed by atoms with E-state index in [2.05, 4.69) is 10.3 Å². The summed E-state index contributed by atoms with van der Waals surface area (Å²) in [6.07, 6.45) is 3.36. The van der Waals surface area contributed by atoms with Crippen LogP contribution in [0.5, 0.6) is 5.75 Å². The summed E-state index contributed by atoms with van der Waals surface area (Å²) < 4.78 is 5.14. The Labute approximate surface area is 121 Å². The van der Waals surface area contributed by atoms with Gasteiger partial charge in [-0.2, -0.15) is 0 Å². The van der Waals surface area contributed by atoms with Gasteiger partial charge >= 0.3 is 0 Å². The molecule has 104 valence electrons. The van der Waals surface area contributed by atoms with E-state index < -0.39 is 0 Å². The average Bonchev–Trinajstić information content (AvgIpc) is 2.48. The van der Waals surface area contributed by atoms with Gasteiger partial charge in [0.15, 0.2) is 0 Å². The van der Waals surface area contributed by atoms with Crippen LogP contribution in [0.1, 0.15) is 15.9 Å². The van der Waals surface area contributed by atoms with Gasteiger partial charge in [0, 0.05) is 25.0 Å². The fourth-order valence-corrected chi connectivity index (χ4v) is 1.86. The zero-order valence-electron chi connectivity index (χ0n) is 10.9. The number of ether oxygens (including phenoxy) is 1. The molecule has 0 saturated heterocycles. The Kier molecular flexibility index (Phi) is 4.42. The van der Waals surface area contributed by atoms with Crippen molar-refractivity contribution in [1.29, 1.82) is 0 Å². The lowest BCUT2D eigenvalue weighted by Crippen LogP contribution is -2.23. The maximum Gasteiger partial charge on any atom is 0.255 e. The van der Waals surface area contributed by atoms with E-state index in [0.717, 1.165) is 5.56 Å². The van der Waals surface area contributed by atoms with Gasteiger partial charge in [-0.15, -0.1) is 0 Å². The van der Waals surface area contributed by atoms with Crippen molar-refractivity contribution in [2.45, 2.75) is 6.54 Å². The smallest absolute Gasteiger partial charge is 0.255 e. The number of halogens is 1. The third-order valence-electron chi connectivity index (χ3n) is 2.74. The van der Waals surface area contributed by atoms with Crippen molar-refractivity contribution in [3.63, 3.8) is 0 Å². The number of amides is 1. The molecule has 0 unspecified atom stereocenters. The number of methoxy groups -OCH3 is 1. The number of nitrogens with one attached hydrogen (secondary N) is 1. The first-order chi connectivity index (χ1) is 9.61. The quantitative estimate of drug-likeness (QED) is 0.847. The second kappa shape index (κ2) is 6.25. The van der Waals surface area contributed by atoms with E-state index in [4.69, 9.17) is 22.1 Å². The number of nitrogens with two attached hydrogens (primary N) is 1. The average molecular weight is 292 g/mol. The van der Waals surface area contributed by atoms with Gasteiger partial charge in [-0.25, -0.2) is 0 Å². The zero-order chi connectivity index (χ0) is 14.5. The standard InChI is InChI=1S/C14H14ClN3O2/c1-20-13-6-12(16)11(15)5-10(13)14(19)18-8-9-3-2-4-17-7-9/h2-7H,8,16H2,1H3,(H,18,19). The molecule has 0 aliphatic carbocycles. The van der Waals surface area contributed by atoms with Gasteiger partial charge < -0.3 is 15.8 Å². The van der Waals surface area contributed by atoms with Crippen LogP contribution in [-0.2, 0) is 6.54 Å². The molecule has 2 rings (SSSR count). The molecule has 1 amide bonds. The predicted octanol–water partition coefficient (Wildman–Crippen LogP) is 2.26. The van der Waals surface area contributed by atoms with Gasteiger partial charge in [0.25, 0.3) is 5.91 Å². The number of rotatable bonds is 4. The molecule has 0 spiro atoms. The molecule has 6 heteroatoms. The monoisotopic (exact) mass is 291 g/mol. The number of aromatic nitrogens is 1. The Hall–Kier alpha value is -2.27. The first-order valence-corrected chi connectivity index (χ1v) is 6.29. The molecule has 5 nitrogen and oxygen atoms in total. The minimum Gasteiger partial charge on any atom is -0.496 e. The number of nitrogen functional groups attached to an aromatic ring is 1. The number of hydrogen-bond acceptors (Lipinski definition) is 4. The highest BCUT2D eigenvalue weighted by Crippen LogP contribution is 2.28. The summed E-state index contributed by atoms with van der Waals surface area (Å²) in [6.45, 7) is 0.373. The second-order valence-electron chi connectivity index (χ2n) is 4.12. The minimum atomic E-state index is -0.285. The van der Waals surface area contributed by atoms with Gasteiger partial charge in [0.1, 0.15) is 5.75 Å². The summed E-state index contributed by atoms with van der Waals surface area (Å²) in [5, 5.41) is 3.10. The molecule has 0 aliphatic rings. The minimum absolute atomic E-state index is 0.285. The topological polar surface area (TPSA) is 77.2 Å². The third-order valence-corrected chi connectivity index (χ3v) is 3.07. The lowest BCUT2D eigenvalue weighted by molar-refractivity contribution is 0.0948. The predicted molar refractivity (Wildman–Crippen MR) is 77.8 cm³/mol. The van der Waals surface area contributed by atoms with E-state index in [-0.39, 0.29) is 5.91 Å². The normalized spacial score (nSPS) is 10.1. The van der Waals surface area contributed by atoms with Gasteiger partial charge in [0.2, 0.25) is 0 Å². The summed E-state index contributed by atoms with van der Waals surface area (Å²) in [7, 11) is 1.47. The van der Waals surface area contributed by atoms with Crippen molar-refractivity contribution in [2.75, 3.05) is 12.8 Å². The van der Waals surface area contributed by atoms with E-state index in [1.807, 2.05) is 12.1 Å². The van der Waals surface area contributed by atoms with E-state index in [9.17, 15) is 4.79 Å². The summed E-state index contributed by atoms with van der Waals surface area (Å²) in [5.74, 6) is 0.100. The largest absolute Gasteiger partial charge is 0.496 e. The zero-order valence-corrected chi connectivity index (χ0v) is 11.6. The number of benzene rings is 1. The fraction of sp³-hybridized carbons (Fsp3) is 0.143. The van der Waals surface area contributed by atoms with E-state index >= 15 is 0 Å². The lowest BCUT2D eigenvalue weighted by atomic mass is 10.1. The molecule has 0 bridgehead atoms. The van der Waals surface area contributed by atoms with Crippen LogP contribution in [0.25, 0.3) is 0 Å². The van der Waals surface area contributed by atoms with Crippen molar-refractivity contribution in [3.05, 3.63) is 52.8 Å². The molecule has 0 atom stereocenters. The highest BCUT2D eigenvalue weighted by atomic mass is 35.5. The molecule has 1 heterocycles. The molecule has 3 N–H and O–H groups in total. The Balaban J connectivity index is 2.15. The maximum absolute atomic E-state index is 12.2. The first-order valence-electron chi connectivity index (χ1n) is 5.92. The molecule has 20 heavy (non-hydrogen) atoms. The number of anilines is 1. The Morgan fingerprint density at radius 2 is 2.30 bits per heavy atom. The molecule has 0 saturated carbocycles. The Bertz CT molecular complexity index is 617. The maximum atomic E-state index is 12.2. The van der Waals surface area contributed by atoms with Crippen molar-refractivity contribution >= 4 is 23.2 Å². The van der Waals surface area contributed by atoms with Crippen LogP contribution in [0.3, 0.4) is 0 Å². The molecule has 0 fully saturated rings. The molecule has 0 radical (unpaired) electrons. The third kappa shape index (κ3) is 3.19. The van der Waals surface area contributed by atoms with Crippen molar-refractivity contribution in [2.24, 2.45) is 0 Å². The van der Waals surface area contributed by atoms with Crippen LogP contribution in [0.4, 0.5) is 5.69 Å². The van der Waals surface area contributed by atoms with Crippen LogP contribution in [0.2, 0.25) is 5.02 Å². The van der Waals surface area contributed by atoms with Crippen LogP contribution in [-0.4, -0.2) is 18.0 Å².